The Kier molecular flexibility index (Phi) is 2.04. The Labute approximate surface area is 76.6 Å². The van der Waals surface area contributed by atoms with Crippen molar-refractivity contribution in [1.82, 2.24) is 9.97 Å². The zero-order valence-electron chi connectivity index (χ0n) is 7.66. The zero-order valence-corrected chi connectivity index (χ0v) is 7.66. The van der Waals surface area contributed by atoms with Gasteiger partial charge in [0.1, 0.15) is 0 Å². The average Bonchev–Trinajstić information content (AvgIpc) is 2.52. The first-order chi connectivity index (χ1) is 6.29. The van der Waals surface area contributed by atoms with Gasteiger partial charge in [0.25, 0.3) is 5.56 Å². The fourth-order valence-corrected chi connectivity index (χ4v) is 1.80. The molecule has 0 aromatic carbocycles. The molecule has 0 aliphatic carbocycles. The maximum Gasteiger partial charge on any atom is 0.290 e. The van der Waals surface area contributed by atoms with Crippen LogP contribution in [-0.2, 0) is 0 Å². The molecule has 0 spiro atoms. The van der Waals surface area contributed by atoms with E-state index in [4.69, 9.17) is 0 Å². The van der Waals surface area contributed by atoms with Gasteiger partial charge in [-0.15, -0.1) is 0 Å². The Morgan fingerprint density at radius 1 is 1.69 bits per heavy atom. The fraction of sp³-hybridized carbons (Fsp3) is 0.556. The van der Waals surface area contributed by atoms with E-state index in [-0.39, 0.29) is 5.56 Å². The standard InChI is InChI=1S/C9H13N3O/c1-7-3-2-6-12(7)8-9(13)11-5-4-10-8/h4-5,7H,2-3,6H2,1H3,(H,11,13). The van der Waals surface area contributed by atoms with E-state index < -0.39 is 0 Å². The lowest BCUT2D eigenvalue weighted by atomic mass is 10.2. The predicted molar refractivity (Wildman–Crippen MR) is 50.9 cm³/mol. The van der Waals surface area contributed by atoms with Gasteiger partial charge in [-0.1, -0.05) is 0 Å². The number of rotatable bonds is 1. The van der Waals surface area contributed by atoms with Gasteiger partial charge in [-0.25, -0.2) is 4.98 Å². The van der Waals surface area contributed by atoms with E-state index in [0.29, 0.717) is 11.9 Å². The third-order valence-corrected chi connectivity index (χ3v) is 2.51. The summed E-state index contributed by atoms with van der Waals surface area (Å²) in [5.41, 5.74) is -0.0868. The van der Waals surface area contributed by atoms with Crippen LogP contribution in [0.1, 0.15) is 19.8 Å². The van der Waals surface area contributed by atoms with Crippen molar-refractivity contribution in [3.05, 3.63) is 22.7 Å². The van der Waals surface area contributed by atoms with Crippen LogP contribution >= 0.6 is 0 Å². The number of hydrogen-bond donors (Lipinski definition) is 1. The summed E-state index contributed by atoms with van der Waals surface area (Å²) in [7, 11) is 0. The molecule has 1 saturated heterocycles. The van der Waals surface area contributed by atoms with Crippen LogP contribution in [0.5, 0.6) is 0 Å². The van der Waals surface area contributed by atoms with Gasteiger partial charge in [-0.05, 0) is 19.8 Å². The van der Waals surface area contributed by atoms with Crippen molar-refractivity contribution in [2.24, 2.45) is 0 Å². The van der Waals surface area contributed by atoms with Crippen LogP contribution in [0.25, 0.3) is 0 Å². The topological polar surface area (TPSA) is 49.0 Å². The molecule has 0 saturated carbocycles. The molecule has 1 unspecified atom stereocenters. The van der Waals surface area contributed by atoms with E-state index in [1.807, 2.05) is 0 Å². The molecule has 0 radical (unpaired) electrons. The van der Waals surface area contributed by atoms with Crippen molar-refractivity contribution in [2.75, 3.05) is 11.4 Å². The molecule has 4 nitrogen and oxygen atoms in total. The summed E-state index contributed by atoms with van der Waals surface area (Å²) in [5, 5.41) is 0. The minimum atomic E-state index is -0.0868. The summed E-state index contributed by atoms with van der Waals surface area (Å²) in [6.45, 7) is 3.07. The molecule has 2 heterocycles. The molecule has 0 bridgehead atoms. The molecule has 0 amide bonds. The summed E-state index contributed by atoms with van der Waals surface area (Å²) in [4.78, 5) is 20.2. The quantitative estimate of drug-likeness (QED) is 0.692. The Morgan fingerprint density at radius 3 is 3.15 bits per heavy atom. The summed E-state index contributed by atoms with van der Waals surface area (Å²) >= 11 is 0. The molecule has 1 aromatic heterocycles. The lowest BCUT2D eigenvalue weighted by Gasteiger charge is -2.20. The molecule has 1 fully saturated rings. The van der Waals surface area contributed by atoms with Crippen molar-refractivity contribution in [3.63, 3.8) is 0 Å². The number of H-pyrrole nitrogens is 1. The molecule has 1 aliphatic heterocycles. The first-order valence-electron chi connectivity index (χ1n) is 4.59. The molecule has 1 atom stereocenters. The highest BCUT2D eigenvalue weighted by molar-refractivity contribution is 5.37. The van der Waals surface area contributed by atoms with Crippen molar-refractivity contribution < 1.29 is 0 Å². The maximum atomic E-state index is 11.4. The number of hydrogen-bond acceptors (Lipinski definition) is 3. The van der Waals surface area contributed by atoms with E-state index >= 15 is 0 Å². The molecule has 1 N–H and O–H groups in total. The smallest absolute Gasteiger partial charge is 0.290 e. The minimum Gasteiger partial charge on any atom is -0.349 e. The van der Waals surface area contributed by atoms with Crippen LogP contribution in [0, 0.1) is 0 Å². The number of aromatic amines is 1. The average molecular weight is 179 g/mol. The Balaban J connectivity index is 2.35. The van der Waals surface area contributed by atoms with Crippen molar-refractivity contribution >= 4 is 5.82 Å². The third-order valence-electron chi connectivity index (χ3n) is 2.51. The van der Waals surface area contributed by atoms with Crippen molar-refractivity contribution in [3.8, 4) is 0 Å². The monoisotopic (exact) mass is 179 g/mol. The van der Waals surface area contributed by atoms with Gasteiger partial charge in [0.2, 0.25) is 0 Å². The zero-order chi connectivity index (χ0) is 9.26. The minimum absolute atomic E-state index is 0.0868. The highest BCUT2D eigenvalue weighted by Crippen LogP contribution is 2.19. The first kappa shape index (κ1) is 8.29. The highest BCUT2D eigenvalue weighted by Gasteiger charge is 2.23. The lowest BCUT2D eigenvalue weighted by Crippen LogP contribution is -2.32. The fourth-order valence-electron chi connectivity index (χ4n) is 1.80. The maximum absolute atomic E-state index is 11.4. The van der Waals surface area contributed by atoms with E-state index in [2.05, 4.69) is 21.8 Å². The lowest BCUT2D eigenvalue weighted by molar-refractivity contribution is 0.722. The number of nitrogens with one attached hydrogen (secondary N) is 1. The largest absolute Gasteiger partial charge is 0.349 e. The second-order valence-electron chi connectivity index (χ2n) is 3.43. The molecular weight excluding hydrogens is 166 g/mol. The van der Waals surface area contributed by atoms with Gasteiger partial charge >= 0.3 is 0 Å². The highest BCUT2D eigenvalue weighted by atomic mass is 16.1. The van der Waals surface area contributed by atoms with Crippen LogP contribution in [0.3, 0.4) is 0 Å². The molecule has 1 aromatic rings. The number of nitrogens with zero attached hydrogens (tertiary/aromatic N) is 2. The van der Waals surface area contributed by atoms with Gasteiger partial charge in [0, 0.05) is 25.0 Å². The van der Waals surface area contributed by atoms with Gasteiger partial charge in [-0.3, -0.25) is 4.79 Å². The van der Waals surface area contributed by atoms with Crippen LogP contribution in [0.15, 0.2) is 17.2 Å². The molecule has 13 heavy (non-hydrogen) atoms. The van der Waals surface area contributed by atoms with Crippen LogP contribution in [-0.4, -0.2) is 22.6 Å². The Hall–Kier alpha value is -1.32. The third kappa shape index (κ3) is 1.43. The second kappa shape index (κ2) is 3.20. The van der Waals surface area contributed by atoms with E-state index in [1.165, 1.54) is 0 Å². The summed E-state index contributed by atoms with van der Waals surface area (Å²) in [6.07, 6.45) is 5.49. The molecular formula is C9H13N3O. The van der Waals surface area contributed by atoms with Crippen LogP contribution < -0.4 is 10.5 Å². The van der Waals surface area contributed by atoms with Crippen molar-refractivity contribution in [2.45, 2.75) is 25.8 Å². The van der Waals surface area contributed by atoms with Crippen LogP contribution in [0.2, 0.25) is 0 Å². The van der Waals surface area contributed by atoms with E-state index in [1.54, 1.807) is 12.4 Å². The van der Waals surface area contributed by atoms with Gasteiger partial charge in [0.15, 0.2) is 5.82 Å². The van der Waals surface area contributed by atoms with Crippen LogP contribution in [0.4, 0.5) is 5.82 Å². The summed E-state index contributed by atoms with van der Waals surface area (Å²) < 4.78 is 0. The van der Waals surface area contributed by atoms with E-state index in [0.717, 1.165) is 19.4 Å². The van der Waals surface area contributed by atoms with Gasteiger partial charge in [-0.2, -0.15) is 0 Å². The molecule has 1 aliphatic rings. The SMILES string of the molecule is CC1CCCN1c1ncc[nH]c1=O. The summed E-state index contributed by atoms with van der Waals surface area (Å²) in [6, 6.07) is 0.441. The predicted octanol–water partition coefficient (Wildman–Crippen LogP) is 0.759. The molecule has 4 heteroatoms. The Morgan fingerprint density at radius 2 is 2.54 bits per heavy atom. The number of anilines is 1. The summed E-state index contributed by atoms with van der Waals surface area (Å²) in [5.74, 6) is 0.563. The normalized spacial score (nSPS) is 22.2. The first-order valence-corrected chi connectivity index (χ1v) is 4.59. The second-order valence-corrected chi connectivity index (χ2v) is 3.43. The Bertz CT molecular complexity index is 347. The van der Waals surface area contributed by atoms with Gasteiger partial charge < -0.3 is 9.88 Å². The van der Waals surface area contributed by atoms with Gasteiger partial charge in [0.05, 0.1) is 0 Å². The molecule has 2 rings (SSSR count). The number of aromatic nitrogens is 2. The van der Waals surface area contributed by atoms with Crippen molar-refractivity contribution in [1.29, 1.82) is 0 Å². The van der Waals surface area contributed by atoms with E-state index in [9.17, 15) is 4.79 Å². The molecule has 70 valence electrons.